The number of methoxy groups -OCH3 is 1. The number of benzene rings is 2. The van der Waals surface area contributed by atoms with Crippen LogP contribution in [0, 0.1) is 20.8 Å². The minimum Gasteiger partial charge on any atom is -0.494 e. The Morgan fingerprint density at radius 2 is 1.61 bits per heavy atom. The lowest BCUT2D eigenvalue weighted by atomic mass is 9.87. The molecule has 0 N–H and O–H groups in total. The van der Waals surface area contributed by atoms with Gasteiger partial charge in [0, 0.05) is 4.90 Å². The van der Waals surface area contributed by atoms with Crippen LogP contribution in [-0.4, -0.2) is 26.3 Å². The predicted molar refractivity (Wildman–Crippen MR) is 112 cm³/mol. The van der Waals surface area contributed by atoms with Gasteiger partial charge in [-0.2, -0.15) is 0 Å². The topological polar surface area (TPSA) is 57.0 Å². The first-order valence-corrected chi connectivity index (χ1v) is 10.4. The van der Waals surface area contributed by atoms with Crippen LogP contribution in [0.1, 0.15) is 43.2 Å². The number of hydrogen-bond donors (Lipinski definition) is 0. The summed E-state index contributed by atoms with van der Waals surface area (Å²) in [4.78, 5) is 0.718. The third kappa shape index (κ3) is 3.74. The summed E-state index contributed by atoms with van der Waals surface area (Å²) in [6.45, 7) is 12.4. The molecule has 1 aromatic heterocycles. The van der Waals surface area contributed by atoms with E-state index in [-0.39, 0.29) is 5.41 Å². The summed E-state index contributed by atoms with van der Waals surface area (Å²) in [5.41, 5.74) is 5.06. The predicted octanol–water partition coefficient (Wildman–Crippen LogP) is 4.67. The van der Waals surface area contributed by atoms with E-state index >= 15 is 0 Å². The molecule has 5 nitrogen and oxygen atoms in total. The fourth-order valence-electron chi connectivity index (χ4n) is 3.01. The van der Waals surface area contributed by atoms with Gasteiger partial charge in [0.1, 0.15) is 22.2 Å². The molecule has 0 spiro atoms. The molecule has 0 saturated carbocycles. The Labute approximate surface area is 169 Å². The molecule has 1 atom stereocenters. The monoisotopic (exact) mass is 397 g/mol. The number of hydrogen-bond acceptors (Lipinski definition) is 4. The van der Waals surface area contributed by atoms with Gasteiger partial charge < -0.3 is 4.74 Å². The van der Waals surface area contributed by atoms with Crippen molar-refractivity contribution in [1.82, 2.24) is 15.0 Å². The normalized spacial score (nSPS) is 12.8. The maximum atomic E-state index is 13.1. The Hall–Kier alpha value is -2.47. The summed E-state index contributed by atoms with van der Waals surface area (Å²) < 4.78 is 20.3. The lowest BCUT2D eigenvalue weighted by molar-refractivity contribution is 0.410. The van der Waals surface area contributed by atoms with E-state index in [2.05, 4.69) is 31.1 Å². The number of ether oxygens (including phenoxy) is 1. The van der Waals surface area contributed by atoms with Crippen molar-refractivity contribution in [3.8, 4) is 11.4 Å². The molecule has 0 aliphatic rings. The molecule has 1 unspecified atom stereocenters. The zero-order chi connectivity index (χ0) is 20.6. The number of nitrogens with zero attached hydrogens (tertiary/aromatic N) is 3. The summed E-state index contributed by atoms with van der Waals surface area (Å²) >= 11 is 0. The second kappa shape index (κ2) is 7.51. The molecule has 3 aromatic rings. The molecule has 0 saturated heterocycles. The van der Waals surface area contributed by atoms with Crippen molar-refractivity contribution in [2.24, 2.45) is 0 Å². The third-order valence-corrected chi connectivity index (χ3v) is 6.41. The van der Waals surface area contributed by atoms with E-state index in [0.717, 1.165) is 27.4 Å². The minimum absolute atomic E-state index is 0.0545. The number of rotatable bonds is 4. The molecule has 0 aliphatic heterocycles. The van der Waals surface area contributed by atoms with Crippen molar-refractivity contribution >= 4 is 10.8 Å². The van der Waals surface area contributed by atoms with Crippen LogP contribution in [0.4, 0.5) is 0 Å². The molecule has 0 amide bonds. The third-order valence-electron chi connectivity index (χ3n) is 4.99. The quantitative estimate of drug-likeness (QED) is 0.642. The van der Waals surface area contributed by atoms with Crippen molar-refractivity contribution in [2.75, 3.05) is 7.11 Å². The van der Waals surface area contributed by atoms with Crippen molar-refractivity contribution < 1.29 is 8.95 Å². The maximum absolute atomic E-state index is 13.1. The van der Waals surface area contributed by atoms with Gasteiger partial charge in [-0.25, -0.2) is 8.89 Å². The van der Waals surface area contributed by atoms with E-state index in [1.165, 1.54) is 5.56 Å². The summed E-state index contributed by atoms with van der Waals surface area (Å²) in [5.74, 6) is 0.711. The van der Waals surface area contributed by atoms with Gasteiger partial charge >= 0.3 is 0 Å². The molecule has 0 bridgehead atoms. The molecule has 0 fully saturated rings. The number of aryl methyl sites for hydroxylation is 2. The first kappa shape index (κ1) is 20.3. The van der Waals surface area contributed by atoms with Crippen LogP contribution in [0.2, 0.25) is 0 Å². The lowest BCUT2D eigenvalue weighted by Gasteiger charge is -2.18. The number of aromatic nitrogens is 3. The first-order chi connectivity index (χ1) is 13.1. The van der Waals surface area contributed by atoms with E-state index in [1.54, 1.807) is 11.8 Å². The zero-order valence-electron chi connectivity index (χ0n) is 17.5. The summed E-state index contributed by atoms with van der Waals surface area (Å²) in [7, 11) is 0.235. The Bertz CT molecular complexity index is 1030. The fraction of sp³-hybridized carbons (Fsp3) is 0.364. The highest BCUT2D eigenvalue weighted by Crippen LogP contribution is 2.29. The molecule has 6 heteroatoms. The van der Waals surface area contributed by atoms with Gasteiger partial charge in [-0.05, 0) is 67.1 Å². The molecular formula is C22H27N3O2S. The van der Waals surface area contributed by atoms with Gasteiger partial charge in [-0.15, -0.1) is 5.10 Å². The van der Waals surface area contributed by atoms with Gasteiger partial charge in [0.2, 0.25) is 0 Å². The lowest BCUT2D eigenvalue weighted by Crippen LogP contribution is -2.10. The van der Waals surface area contributed by atoms with E-state index in [0.29, 0.717) is 10.8 Å². The van der Waals surface area contributed by atoms with Crippen LogP contribution in [0.3, 0.4) is 0 Å². The fourth-order valence-corrected chi connectivity index (χ4v) is 4.08. The van der Waals surface area contributed by atoms with E-state index < -0.39 is 10.8 Å². The SMILES string of the molecule is COc1cc(C)c(C)cc1-n1nnc(S(=O)c2ccc(C(C)(C)C)cc2)c1C. The Morgan fingerprint density at radius 3 is 2.18 bits per heavy atom. The molecule has 3 rings (SSSR count). The van der Waals surface area contributed by atoms with Gasteiger partial charge in [-0.3, -0.25) is 0 Å². The van der Waals surface area contributed by atoms with Crippen LogP contribution < -0.4 is 4.74 Å². The molecule has 0 radical (unpaired) electrons. The average molecular weight is 398 g/mol. The van der Waals surface area contributed by atoms with Gasteiger partial charge in [0.05, 0.1) is 12.8 Å². The Kier molecular flexibility index (Phi) is 5.44. The standard InChI is InChI=1S/C22H27N3O2S/c1-14-12-19(20(27-7)13-15(14)2)25-16(3)21(23-24-25)28(26)18-10-8-17(9-11-18)22(4,5)6/h8-13H,1-7H3. The van der Waals surface area contributed by atoms with Crippen LogP contribution in [-0.2, 0) is 16.2 Å². The maximum Gasteiger partial charge on any atom is 0.177 e. The summed E-state index contributed by atoms with van der Waals surface area (Å²) in [5, 5.41) is 8.95. The highest BCUT2D eigenvalue weighted by atomic mass is 32.2. The second-order valence-corrected chi connectivity index (χ2v) is 9.44. The molecule has 2 aromatic carbocycles. The van der Waals surface area contributed by atoms with Crippen LogP contribution >= 0.6 is 0 Å². The highest BCUT2D eigenvalue weighted by molar-refractivity contribution is 7.85. The van der Waals surface area contributed by atoms with Crippen molar-refractivity contribution in [3.63, 3.8) is 0 Å². The summed E-state index contributed by atoms with van der Waals surface area (Å²) in [6.07, 6.45) is 0. The molecule has 0 aliphatic carbocycles. The molecule has 1 heterocycles. The molecular weight excluding hydrogens is 370 g/mol. The van der Waals surface area contributed by atoms with Crippen molar-refractivity contribution in [3.05, 3.63) is 58.8 Å². The first-order valence-electron chi connectivity index (χ1n) is 9.23. The van der Waals surface area contributed by atoms with Crippen LogP contribution in [0.5, 0.6) is 5.75 Å². The molecule has 148 valence electrons. The summed E-state index contributed by atoms with van der Waals surface area (Å²) in [6, 6.07) is 11.9. The second-order valence-electron chi connectivity index (χ2n) is 8.04. The van der Waals surface area contributed by atoms with Gasteiger partial charge in [-0.1, -0.05) is 38.1 Å². The van der Waals surface area contributed by atoms with Gasteiger partial charge in [0.15, 0.2) is 5.03 Å². The van der Waals surface area contributed by atoms with Crippen LogP contribution in [0.15, 0.2) is 46.3 Å². The van der Waals surface area contributed by atoms with E-state index in [1.807, 2.05) is 57.2 Å². The van der Waals surface area contributed by atoms with Gasteiger partial charge in [0.25, 0.3) is 0 Å². The smallest absolute Gasteiger partial charge is 0.177 e. The largest absolute Gasteiger partial charge is 0.494 e. The average Bonchev–Trinajstić information content (AvgIpc) is 3.03. The Balaban J connectivity index is 2.00. The highest BCUT2D eigenvalue weighted by Gasteiger charge is 2.21. The van der Waals surface area contributed by atoms with Crippen LogP contribution in [0.25, 0.3) is 5.69 Å². The zero-order valence-corrected chi connectivity index (χ0v) is 18.3. The minimum atomic E-state index is -1.40. The molecule has 28 heavy (non-hydrogen) atoms. The van der Waals surface area contributed by atoms with Crippen molar-refractivity contribution in [2.45, 2.75) is 56.9 Å². The van der Waals surface area contributed by atoms with E-state index in [9.17, 15) is 4.21 Å². The van der Waals surface area contributed by atoms with E-state index in [4.69, 9.17) is 4.74 Å². The van der Waals surface area contributed by atoms with Crippen molar-refractivity contribution in [1.29, 1.82) is 0 Å². The Morgan fingerprint density at radius 1 is 1.00 bits per heavy atom.